The Kier molecular flexibility index (Phi) is 8.34. The minimum absolute atomic E-state index is 0.388. The first kappa shape index (κ1) is 35.0. The number of fused-ring (bicyclic) bond motifs is 3. The topological polar surface area (TPSA) is 6.48 Å². The quantitative estimate of drug-likeness (QED) is 0.167. The maximum atomic E-state index is 2.57. The zero-order chi connectivity index (χ0) is 39.4. The Labute approximate surface area is 347 Å². The summed E-state index contributed by atoms with van der Waals surface area (Å²) < 4.78 is 0. The molecule has 1 aliphatic carbocycles. The van der Waals surface area contributed by atoms with Gasteiger partial charge < -0.3 is 9.80 Å². The van der Waals surface area contributed by atoms with E-state index >= 15 is 0 Å². The average Bonchev–Trinajstić information content (AvgIpc) is 3.31. The summed E-state index contributed by atoms with van der Waals surface area (Å²) in [4.78, 5) is 5.06. The molecule has 1 unspecified atom stereocenters. The largest absolute Gasteiger partial charge is 0.313 e. The molecular formula is C57H44N2. The summed E-state index contributed by atoms with van der Waals surface area (Å²) in [5.74, 6) is 0.388. The van der Waals surface area contributed by atoms with Gasteiger partial charge in [-0.15, -0.1) is 0 Å². The number of para-hydroxylation sites is 3. The van der Waals surface area contributed by atoms with E-state index in [1.54, 1.807) is 0 Å². The van der Waals surface area contributed by atoms with E-state index < -0.39 is 10.8 Å². The van der Waals surface area contributed by atoms with Gasteiger partial charge in [-0.05, 0) is 93.3 Å². The molecule has 2 nitrogen and oxygen atoms in total. The van der Waals surface area contributed by atoms with Crippen LogP contribution in [0.4, 0.5) is 28.4 Å². The maximum Gasteiger partial charge on any atom is 0.0742 e. The Morgan fingerprint density at radius 1 is 0.390 bits per heavy atom. The van der Waals surface area contributed by atoms with E-state index in [4.69, 9.17) is 0 Å². The van der Waals surface area contributed by atoms with Gasteiger partial charge in [-0.2, -0.15) is 0 Å². The molecule has 1 atom stereocenters. The number of hydrogen-bond donors (Lipinski definition) is 0. The summed E-state index contributed by atoms with van der Waals surface area (Å²) in [5.41, 5.74) is 16.4. The number of anilines is 5. The minimum atomic E-state index is -0.516. The Morgan fingerprint density at radius 2 is 0.763 bits per heavy atom. The molecule has 2 aliphatic heterocycles. The van der Waals surface area contributed by atoms with Crippen LogP contribution < -0.4 is 9.80 Å². The predicted octanol–water partition coefficient (Wildman–Crippen LogP) is 14.2. The number of benzene rings is 8. The number of rotatable bonds is 6. The van der Waals surface area contributed by atoms with Crippen LogP contribution in [0.15, 0.2) is 242 Å². The van der Waals surface area contributed by atoms with Crippen molar-refractivity contribution in [3.05, 3.63) is 281 Å². The molecule has 282 valence electrons. The third-order valence-electron chi connectivity index (χ3n) is 12.9. The number of hydrogen-bond acceptors (Lipinski definition) is 2. The molecule has 0 fully saturated rings. The molecule has 3 aliphatic rings. The van der Waals surface area contributed by atoms with Gasteiger partial charge in [0.2, 0.25) is 0 Å². The van der Waals surface area contributed by atoms with Crippen molar-refractivity contribution in [2.75, 3.05) is 9.80 Å². The molecule has 2 heterocycles. The summed E-state index contributed by atoms with van der Waals surface area (Å²) >= 11 is 0. The molecule has 0 amide bonds. The molecule has 0 radical (unpaired) electrons. The van der Waals surface area contributed by atoms with Crippen LogP contribution in [0.3, 0.4) is 0 Å². The first-order chi connectivity index (χ1) is 29.2. The highest BCUT2D eigenvalue weighted by atomic mass is 15.2. The van der Waals surface area contributed by atoms with Crippen LogP contribution in [-0.4, -0.2) is 0 Å². The summed E-state index contributed by atoms with van der Waals surface area (Å²) in [5, 5.41) is 0. The van der Waals surface area contributed by atoms with Crippen molar-refractivity contribution in [3.63, 3.8) is 0 Å². The van der Waals surface area contributed by atoms with E-state index in [2.05, 4.69) is 247 Å². The monoisotopic (exact) mass is 756 g/mol. The molecule has 8 aromatic carbocycles. The van der Waals surface area contributed by atoms with E-state index in [9.17, 15) is 0 Å². The number of nitrogens with zero attached hydrogens (tertiary/aromatic N) is 2. The van der Waals surface area contributed by atoms with Crippen LogP contribution >= 0.6 is 0 Å². The van der Waals surface area contributed by atoms with Gasteiger partial charge in [-0.25, -0.2) is 0 Å². The molecule has 8 aromatic rings. The first-order valence-corrected chi connectivity index (χ1v) is 20.8. The molecule has 0 aromatic heterocycles. The van der Waals surface area contributed by atoms with Gasteiger partial charge in [0, 0.05) is 17.1 Å². The Bertz CT molecular complexity index is 2750. The van der Waals surface area contributed by atoms with Crippen LogP contribution in [0.25, 0.3) is 0 Å². The minimum Gasteiger partial charge on any atom is -0.313 e. The number of allylic oxidation sites excluding steroid dienone is 4. The van der Waals surface area contributed by atoms with Crippen LogP contribution in [0.2, 0.25) is 0 Å². The van der Waals surface area contributed by atoms with Crippen LogP contribution in [0, 0.1) is 5.92 Å². The molecule has 59 heavy (non-hydrogen) atoms. The standard InChI is InChI=1S/C57H44N2/c1-41-37-38-51-55(39-41)59(54-36-19-16-33-50(54)57(51,44-25-10-4-11-26-44)45-27-12-5-13-28-45)47-30-20-29-46(40-47)58-52-34-17-14-31-48(52)56(42-21-6-2-7-22-42,43-23-8-3-9-24-43)49-32-15-18-35-53(49)58/h2-38,40-41H,39H2,1H3. The van der Waals surface area contributed by atoms with E-state index in [0.29, 0.717) is 5.92 Å². The van der Waals surface area contributed by atoms with Crippen LogP contribution in [0.5, 0.6) is 0 Å². The fraction of sp³-hybridized carbons (Fsp3) is 0.0877. The zero-order valence-electron chi connectivity index (χ0n) is 33.1. The van der Waals surface area contributed by atoms with E-state index in [1.165, 1.54) is 67.3 Å². The van der Waals surface area contributed by atoms with E-state index in [1.807, 2.05) is 0 Å². The van der Waals surface area contributed by atoms with Crippen LogP contribution in [-0.2, 0) is 10.8 Å². The van der Waals surface area contributed by atoms with Crippen molar-refractivity contribution in [2.24, 2.45) is 5.92 Å². The highest BCUT2D eigenvalue weighted by Gasteiger charge is 2.49. The lowest BCUT2D eigenvalue weighted by molar-refractivity contribution is 0.629. The summed E-state index contributed by atoms with van der Waals surface area (Å²) in [7, 11) is 0. The Morgan fingerprint density at radius 3 is 1.24 bits per heavy atom. The van der Waals surface area contributed by atoms with Gasteiger partial charge >= 0.3 is 0 Å². The average molecular weight is 757 g/mol. The van der Waals surface area contributed by atoms with Crippen molar-refractivity contribution >= 4 is 28.4 Å². The van der Waals surface area contributed by atoms with E-state index in [-0.39, 0.29) is 0 Å². The summed E-state index contributed by atoms with van der Waals surface area (Å²) in [6.45, 7) is 2.34. The second-order valence-electron chi connectivity index (χ2n) is 16.1. The predicted molar refractivity (Wildman–Crippen MR) is 244 cm³/mol. The second-order valence-corrected chi connectivity index (χ2v) is 16.1. The van der Waals surface area contributed by atoms with Crippen LogP contribution in [0.1, 0.15) is 52.3 Å². The zero-order valence-corrected chi connectivity index (χ0v) is 33.1. The molecular weight excluding hydrogens is 713 g/mol. The molecule has 0 N–H and O–H groups in total. The molecule has 0 bridgehead atoms. The lowest BCUT2D eigenvalue weighted by atomic mass is 9.60. The van der Waals surface area contributed by atoms with Crippen molar-refractivity contribution in [1.29, 1.82) is 0 Å². The van der Waals surface area contributed by atoms with Crippen molar-refractivity contribution in [1.82, 2.24) is 0 Å². The van der Waals surface area contributed by atoms with Gasteiger partial charge in [0.1, 0.15) is 0 Å². The fourth-order valence-corrected chi connectivity index (χ4v) is 10.6. The maximum absolute atomic E-state index is 2.57. The molecule has 11 rings (SSSR count). The van der Waals surface area contributed by atoms with Gasteiger partial charge in [-0.3, -0.25) is 0 Å². The van der Waals surface area contributed by atoms with Gasteiger partial charge in [-0.1, -0.05) is 201 Å². The second kappa shape index (κ2) is 14.0. The highest BCUT2D eigenvalue weighted by molar-refractivity contribution is 5.91. The Balaban J connectivity index is 1.15. The third kappa shape index (κ3) is 5.19. The lowest BCUT2D eigenvalue weighted by Gasteiger charge is -2.49. The lowest BCUT2D eigenvalue weighted by Crippen LogP contribution is -2.41. The molecule has 0 spiro atoms. The summed E-state index contributed by atoms with van der Waals surface area (Å²) in [6, 6.07) is 80.7. The van der Waals surface area contributed by atoms with Crippen molar-refractivity contribution in [3.8, 4) is 0 Å². The van der Waals surface area contributed by atoms with Gasteiger partial charge in [0.05, 0.1) is 27.9 Å². The molecule has 0 saturated heterocycles. The Hall–Kier alpha value is -7.16. The van der Waals surface area contributed by atoms with Crippen molar-refractivity contribution < 1.29 is 0 Å². The molecule has 0 saturated carbocycles. The van der Waals surface area contributed by atoms with E-state index in [0.717, 1.165) is 17.8 Å². The van der Waals surface area contributed by atoms with Gasteiger partial charge in [0.25, 0.3) is 0 Å². The summed E-state index contributed by atoms with van der Waals surface area (Å²) in [6.07, 6.45) is 5.77. The fourth-order valence-electron chi connectivity index (χ4n) is 10.6. The van der Waals surface area contributed by atoms with Crippen molar-refractivity contribution in [2.45, 2.75) is 24.2 Å². The highest BCUT2D eigenvalue weighted by Crippen LogP contribution is 2.60. The van der Waals surface area contributed by atoms with Gasteiger partial charge in [0.15, 0.2) is 0 Å². The first-order valence-electron chi connectivity index (χ1n) is 20.8. The third-order valence-corrected chi connectivity index (χ3v) is 12.9. The normalized spacial score (nSPS) is 17.1. The smallest absolute Gasteiger partial charge is 0.0742 e. The molecule has 2 heteroatoms. The SMILES string of the molecule is CC1C=CC2=C(C1)N(c1cccc(N3c4ccccc4C(c4ccccc4)(c4ccccc4)c4ccccc43)c1)c1ccccc1C2(c1ccccc1)c1ccccc1.